The molecule has 3 heterocycles. The van der Waals surface area contributed by atoms with Crippen molar-refractivity contribution >= 4 is 23.2 Å². The third-order valence-electron chi connectivity index (χ3n) is 8.59. The van der Waals surface area contributed by atoms with Gasteiger partial charge in [0.15, 0.2) is 0 Å². The molecule has 43 heavy (non-hydrogen) atoms. The molecule has 13 heteroatoms. The molecule has 2 atom stereocenters. The Labute approximate surface area is 247 Å². The van der Waals surface area contributed by atoms with Gasteiger partial charge in [-0.3, -0.25) is 14.9 Å². The molecule has 2 aromatic rings. The van der Waals surface area contributed by atoms with Crippen molar-refractivity contribution < 1.29 is 37.0 Å². The van der Waals surface area contributed by atoms with Gasteiger partial charge in [-0.15, -0.1) is 0 Å². The molecule has 1 spiro atoms. The van der Waals surface area contributed by atoms with E-state index in [-0.39, 0.29) is 36.9 Å². The largest absolute Gasteiger partial charge is 0.416 e. The zero-order valence-electron chi connectivity index (χ0n) is 24.3. The zero-order chi connectivity index (χ0) is 31.1. The number of carbonyl (C=O) groups excluding carboxylic acids is 2. The van der Waals surface area contributed by atoms with Crippen LogP contribution in [0.2, 0.25) is 0 Å². The minimum Gasteiger partial charge on any atom is -0.378 e. The van der Waals surface area contributed by atoms with Crippen LogP contribution < -0.4 is 15.5 Å². The number of rotatable bonds is 8. The van der Waals surface area contributed by atoms with E-state index in [1.54, 1.807) is 30.7 Å². The highest BCUT2D eigenvalue weighted by Gasteiger charge is 2.53. The summed E-state index contributed by atoms with van der Waals surface area (Å²) >= 11 is 0. The fourth-order valence-electron chi connectivity index (χ4n) is 6.02. The molecule has 0 aromatic heterocycles. The molecular formula is C30H37F4N5O4. The summed E-state index contributed by atoms with van der Waals surface area (Å²) < 4.78 is 59.2. The predicted octanol–water partition coefficient (Wildman–Crippen LogP) is 3.56. The van der Waals surface area contributed by atoms with Gasteiger partial charge in [-0.2, -0.15) is 13.2 Å². The summed E-state index contributed by atoms with van der Waals surface area (Å²) in [7, 11) is 1.75. The zero-order valence-corrected chi connectivity index (χ0v) is 24.3. The summed E-state index contributed by atoms with van der Waals surface area (Å²) in [6.07, 6.45) is -5.82. The average molecular weight is 608 g/mol. The van der Waals surface area contributed by atoms with Gasteiger partial charge < -0.3 is 29.9 Å². The van der Waals surface area contributed by atoms with Crippen molar-refractivity contribution in [3.8, 4) is 0 Å². The normalized spacial score (nSPS) is 20.5. The van der Waals surface area contributed by atoms with Gasteiger partial charge in [0, 0.05) is 37.1 Å². The first-order valence-electron chi connectivity index (χ1n) is 14.4. The Kier molecular flexibility index (Phi) is 8.61. The van der Waals surface area contributed by atoms with Crippen molar-refractivity contribution in [3.05, 3.63) is 59.4 Å². The van der Waals surface area contributed by atoms with E-state index < -0.39 is 40.9 Å². The van der Waals surface area contributed by atoms with Gasteiger partial charge in [0.2, 0.25) is 11.8 Å². The fraction of sp³-hybridized carbons (Fsp3) is 0.533. The van der Waals surface area contributed by atoms with Gasteiger partial charge in [0.25, 0.3) is 0 Å². The predicted molar refractivity (Wildman–Crippen MR) is 151 cm³/mol. The molecule has 5 rings (SSSR count). The number of carbonyl (C=O) groups is 2. The Morgan fingerprint density at radius 3 is 2.30 bits per heavy atom. The van der Waals surface area contributed by atoms with Crippen molar-refractivity contribution in [2.45, 2.75) is 56.7 Å². The topological polar surface area (TPSA) is 97.4 Å². The number of halogens is 4. The van der Waals surface area contributed by atoms with Gasteiger partial charge in [-0.25, -0.2) is 4.39 Å². The number of anilines is 2. The van der Waals surface area contributed by atoms with Crippen LogP contribution in [-0.2, 0) is 20.5 Å². The number of amides is 2. The lowest BCUT2D eigenvalue weighted by Gasteiger charge is -2.44. The number of alkyl halides is 3. The molecule has 234 valence electrons. The summed E-state index contributed by atoms with van der Waals surface area (Å²) in [5.41, 5.74) is -0.675. The molecule has 0 bridgehead atoms. The van der Waals surface area contributed by atoms with E-state index in [2.05, 4.69) is 15.5 Å². The van der Waals surface area contributed by atoms with Crippen LogP contribution in [0.15, 0.2) is 42.5 Å². The molecule has 9 nitrogen and oxygen atoms in total. The number of nitrogens with one attached hydrogen (secondary N) is 2. The van der Waals surface area contributed by atoms with Crippen LogP contribution in [0.3, 0.4) is 0 Å². The molecule has 2 aromatic carbocycles. The Balaban J connectivity index is 1.28. The summed E-state index contributed by atoms with van der Waals surface area (Å²) in [6, 6.07) is 8.96. The number of likely N-dealkylation sites (tertiary alicyclic amines) is 1. The van der Waals surface area contributed by atoms with Crippen LogP contribution in [0.5, 0.6) is 0 Å². The van der Waals surface area contributed by atoms with Crippen molar-refractivity contribution in [2.75, 3.05) is 50.2 Å². The number of nitrogens with zero attached hydrogens (tertiary/aromatic N) is 3. The van der Waals surface area contributed by atoms with Crippen molar-refractivity contribution in [2.24, 2.45) is 5.92 Å². The van der Waals surface area contributed by atoms with Gasteiger partial charge >= 0.3 is 6.18 Å². The SMILES string of the molecule is CC(C)C(NC(O)c1cc(C(F)(F)F)ccc1F)C(=O)N1CCC2(CC1)C(=O)N(C)CN2c1ccc(NC2COC2)cc1. The molecule has 3 aliphatic heterocycles. The van der Waals surface area contributed by atoms with Gasteiger partial charge in [0.05, 0.1) is 37.5 Å². The molecule has 2 unspecified atom stereocenters. The number of piperidine rings is 1. The highest BCUT2D eigenvalue weighted by atomic mass is 19.4. The first-order valence-corrected chi connectivity index (χ1v) is 14.4. The lowest BCUT2D eigenvalue weighted by molar-refractivity contribution is -0.140. The lowest BCUT2D eigenvalue weighted by Crippen LogP contribution is -2.60. The summed E-state index contributed by atoms with van der Waals surface area (Å²) in [5, 5.41) is 16.7. The minimum absolute atomic E-state index is 0.0256. The molecule has 3 aliphatic rings. The van der Waals surface area contributed by atoms with Gasteiger partial charge in [0.1, 0.15) is 17.6 Å². The van der Waals surface area contributed by atoms with E-state index in [1.807, 2.05) is 24.3 Å². The number of ether oxygens (including phenoxy) is 1. The lowest BCUT2D eigenvalue weighted by atomic mass is 9.85. The summed E-state index contributed by atoms with van der Waals surface area (Å²) in [6.45, 7) is 5.71. The van der Waals surface area contributed by atoms with E-state index in [0.717, 1.165) is 11.4 Å². The quantitative estimate of drug-likeness (QED) is 0.312. The number of hydrogen-bond donors (Lipinski definition) is 3. The van der Waals surface area contributed by atoms with Crippen molar-refractivity contribution in [1.29, 1.82) is 0 Å². The van der Waals surface area contributed by atoms with Crippen LogP contribution >= 0.6 is 0 Å². The van der Waals surface area contributed by atoms with Crippen LogP contribution in [0.1, 0.15) is 44.0 Å². The fourth-order valence-corrected chi connectivity index (χ4v) is 6.02. The Hall–Kier alpha value is -3.42. The standard InChI is InChI=1S/C30H37F4N5O4/c1-18(2)25(36-26(40)23-14-19(30(32,33)34)4-9-24(23)31)27(41)38-12-10-29(11-13-38)28(42)37(3)17-39(29)22-7-5-20(6-8-22)35-21-15-43-16-21/h4-9,14,18,21,25-26,35-36,40H,10-13,15-17H2,1-3H3. The Morgan fingerprint density at radius 2 is 1.74 bits per heavy atom. The number of benzene rings is 2. The maximum Gasteiger partial charge on any atom is 0.416 e. The second-order valence-electron chi connectivity index (χ2n) is 11.9. The molecule has 3 N–H and O–H groups in total. The first kappa shape index (κ1) is 31.0. The van der Waals surface area contributed by atoms with E-state index >= 15 is 0 Å². The third-order valence-corrected chi connectivity index (χ3v) is 8.59. The van der Waals surface area contributed by atoms with Gasteiger partial charge in [-0.05, 0) is 61.2 Å². The third kappa shape index (κ3) is 6.16. The number of likely N-dealkylation sites (N-methyl/N-ethyl adjacent to an activating group) is 1. The molecule has 0 radical (unpaired) electrons. The second kappa shape index (κ2) is 11.9. The minimum atomic E-state index is -4.72. The Bertz CT molecular complexity index is 1330. The summed E-state index contributed by atoms with van der Waals surface area (Å²) in [4.78, 5) is 32.4. The van der Waals surface area contributed by atoms with Crippen LogP contribution in [0.4, 0.5) is 28.9 Å². The molecule has 3 fully saturated rings. The summed E-state index contributed by atoms with van der Waals surface area (Å²) in [5.74, 6) is -1.80. The molecule has 0 aliphatic carbocycles. The number of aliphatic hydroxyl groups is 1. The molecular weight excluding hydrogens is 570 g/mol. The van der Waals surface area contributed by atoms with Crippen LogP contribution in [0, 0.1) is 11.7 Å². The smallest absolute Gasteiger partial charge is 0.378 e. The number of aliphatic hydroxyl groups excluding tert-OH is 1. The first-order chi connectivity index (χ1) is 20.3. The van der Waals surface area contributed by atoms with E-state index in [4.69, 9.17) is 4.74 Å². The molecule has 0 saturated carbocycles. The van der Waals surface area contributed by atoms with E-state index in [1.165, 1.54) is 0 Å². The number of hydrogen-bond acceptors (Lipinski definition) is 7. The molecule has 2 amide bonds. The van der Waals surface area contributed by atoms with Crippen molar-refractivity contribution in [1.82, 2.24) is 15.1 Å². The van der Waals surface area contributed by atoms with Crippen LogP contribution in [-0.4, -0.2) is 84.4 Å². The van der Waals surface area contributed by atoms with E-state index in [0.29, 0.717) is 50.9 Å². The highest BCUT2D eigenvalue weighted by molar-refractivity contribution is 5.94. The van der Waals surface area contributed by atoms with Crippen LogP contribution in [0.25, 0.3) is 0 Å². The maximum atomic E-state index is 14.4. The average Bonchev–Trinajstić information content (AvgIpc) is 3.18. The highest BCUT2D eigenvalue weighted by Crippen LogP contribution is 2.40. The van der Waals surface area contributed by atoms with Gasteiger partial charge in [-0.1, -0.05) is 13.8 Å². The molecule has 3 saturated heterocycles. The maximum absolute atomic E-state index is 14.4. The Morgan fingerprint density at radius 1 is 1.09 bits per heavy atom. The van der Waals surface area contributed by atoms with Crippen molar-refractivity contribution in [3.63, 3.8) is 0 Å². The van der Waals surface area contributed by atoms with E-state index in [9.17, 15) is 32.3 Å². The second-order valence-corrected chi connectivity index (χ2v) is 11.9. The monoisotopic (exact) mass is 607 g/mol.